The molecule has 21 N–H and O–H groups in total. The predicted molar refractivity (Wildman–Crippen MR) is 416 cm³/mol. The minimum atomic E-state index is -1.94. The van der Waals surface area contributed by atoms with Crippen LogP contribution in [0.1, 0.15) is 146 Å². The van der Waals surface area contributed by atoms with Gasteiger partial charge in [0.2, 0.25) is 0 Å². The molecule has 119 heavy (non-hydrogen) atoms. The van der Waals surface area contributed by atoms with E-state index in [1.807, 2.05) is 52.8 Å². The van der Waals surface area contributed by atoms with Crippen molar-refractivity contribution in [1.82, 2.24) is 0 Å². The quantitative estimate of drug-likeness (QED) is 0.0172. The van der Waals surface area contributed by atoms with Gasteiger partial charge in [0.1, 0.15) is 153 Å². The van der Waals surface area contributed by atoms with Crippen molar-refractivity contribution in [2.45, 2.75) is 372 Å². The molecule has 0 radical (unpaired) electrons. The first-order valence-corrected chi connectivity index (χ1v) is 40.8. The van der Waals surface area contributed by atoms with E-state index in [1.165, 1.54) is 32.9 Å². The van der Waals surface area contributed by atoms with Crippen LogP contribution in [0.5, 0.6) is 0 Å². The lowest BCUT2D eigenvalue weighted by atomic mass is 9.95. The van der Waals surface area contributed by atoms with Crippen molar-refractivity contribution < 1.29 is 183 Å². The summed E-state index contributed by atoms with van der Waals surface area (Å²) < 4.78 is 88.1. The number of carbonyl (C=O) groups excluding carboxylic acids is 1. The van der Waals surface area contributed by atoms with E-state index in [9.17, 15) is 112 Å². The molecule has 37 heteroatoms. The number of carbonyl (C=O) groups is 1. The first-order valence-electron chi connectivity index (χ1n) is 40.8. The lowest BCUT2D eigenvalue weighted by Gasteiger charge is -2.47. The van der Waals surface area contributed by atoms with E-state index >= 15 is 0 Å². The fourth-order valence-electron chi connectivity index (χ4n) is 14.6. The maximum absolute atomic E-state index is 13.6. The highest BCUT2D eigenvalue weighted by Gasteiger charge is 2.57. The summed E-state index contributed by atoms with van der Waals surface area (Å²) in [5.41, 5.74) is 2.93. The van der Waals surface area contributed by atoms with Crippen LogP contribution in [0.3, 0.4) is 0 Å². The molecule has 684 valence electrons. The highest BCUT2D eigenvalue weighted by molar-refractivity contribution is 5.87. The van der Waals surface area contributed by atoms with E-state index in [4.69, 9.17) is 71.1 Å². The normalized spacial score (nSPS) is 41.1. The van der Waals surface area contributed by atoms with E-state index in [2.05, 4.69) is 25.3 Å². The molecular weight excluding hydrogens is 1580 g/mol. The largest absolute Gasteiger partial charge is 0.451 e. The van der Waals surface area contributed by atoms with Gasteiger partial charge in [-0.05, 0) is 146 Å². The van der Waals surface area contributed by atoms with E-state index in [0.717, 1.165) is 40.7 Å². The maximum Gasteiger partial charge on any atom is 0.333 e. The van der Waals surface area contributed by atoms with Crippen LogP contribution in [0.2, 0.25) is 0 Å². The summed E-state index contributed by atoms with van der Waals surface area (Å²) in [5.74, 6) is -0.874. The lowest BCUT2D eigenvalue weighted by molar-refractivity contribution is -0.375. The van der Waals surface area contributed by atoms with Gasteiger partial charge < -0.3 is 178 Å². The van der Waals surface area contributed by atoms with Crippen molar-refractivity contribution >= 4 is 5.97 Å². The van der Waals surface area contributed by atoms with Crippen LogP contribution in [0.25, 0.3) is 0 Å². The van der Waals surface area contributed by atoms with E-state index in [-0.39, 0.29) is 12.2 Å². The summed E-state index contributed by atoms with van der Waals surface area (Å²) >= 11 is 0. The summed E-state index contributed by atoms with van der Waals surface area (Å²) in [7, 11) is 0. The third-order valence-electron chi connectivity index (χ3n) is 22.9. The molecular formula is C82H134O37. The molecule has 0 bridgehead atoms. The highest BCUT2D eigenvalue weighted by Crippen LogP contribution is 2.38. The number of hydrogen-bond acceptors (Lipinski definition) is 37. The molecule has 7 aliphatic heterocycles. The topological polar surface area (TPSA) is 580 Å². The van der Waals surface area contributed by atoms with Crippen LogP contribution in [-0.4, -0.2) is 379 Å². The van der Waals surface area contributed by atoms with Crippen LogP contribution < -0.4 is 0 Å². The van der Waals surface area contributed by atoms with Crippen molar-refractivity contribution in [3.63, 3.8) is 0 Å². The Bertz CT molecular complexity index is 3300. The highest BCUT2D eigenvalue weighted by atomic mass is 16.8. The molecule has 0 aliphatic carbocycles. The zero-order valence-corrected chi connectivity index (χ0v) is 69.4. The third kappa shape index (κ3) is 27.5. The third-order valence-corrected chi connectivity index (χ3v) is 22.9. The van der Waals surface area contributed by atoms with Crippen LogP contribution >= 0.6 is 0 Å². The Labute approximate surface area is 693 Å². The predicted octanol–water partition coefficient (Wildman–Crippen LogP) is -2.41. The summed E-state index contributed by atoms with van der Waals surface area (Å²) in [6.45, 7) is 21.9. The van der Waals surface area contributed by atoms with Gasteiger partial charge in [0.05, 0.1) is 63.1 Å². The molecule has 0 aromatic rings. The zero-order valence-electron chi connectivity index (χ0n) is 69.4. The van der Waals surface area contributed by atoms with E-state index in [1.54, 1.807) is 19.9 Å². The summed E-state index contributed by atoms with van der Waals surface area (Å²) in [4.78, 5) is 13.6. The van der Waals surface area contributed by atoms with Gasteiger partial charge in [0.25, 0.3) is 0 Å². The van der Waals surface area contributed by atoms with E-state index in [0.29, 0.717) is 64.2 Å². The van der Waals surface area contributed by atoms with Gasteiger partial charge in [-0.2, -0.15) is 0 Å². The number of rotatable bonds is 42. The molecule has 0 amide bonds. The average molecular weight is 1710 g/mol. The molecule has 7 aliphatic rings. The van der Waals surface area contributed by atoms with Crippen molar-refractivity contribution in [2.24, 2.45) is 0 Å². The lowest BCUT2D eigenvalue weighted by Crippen LogP contribution is -2.65. The minimum Gasteiger partial charge on any atom is -0.451 e. The van der Waals surface area contributed by atoms with Crippen molar-refractivity contribution in [2.75, 3.05) is 39.6 Å². The smallest absolute Gasteiger partial charge is 0.333 e. The molecule has 7 saturated heterocycles. The number of allylic oxidation sites excluding steroid dienone is 10. The van der Waals surface area contributed by atoms with Crippen molar-refractivity contribution in [3.8, 4) is 0 Å². The van der Waals surface area contributed by atoms with Crippen LogP contribution in [0, 0.1) is 0 Å². The molecule has 0 aromatic heterocycles. The second-order valence-electron chi connectivity index (χ2n) is 32.7. The first kappa shape index (κ1) is 102. The summed E-state index contributed by atoms with van der Waals surface area (Å²) in [5, 5.41) is 224. The van der Waals surface area contributed by atoms with Crippen molar-refractivity contribution in [3.05, 3.63) is 95.2 Å². The van der Waals surface area contributed by atoms with Gasteiger partial charge in [-0.15, -0.1) is 13.2 Å². The van der Waals surface area contributed by atoms with Gasteiger partial charge in [0, 0.05) is 5.57 Å². The molecule has 7 rings (SSSR count). The van der Waals surface area contributed by atoms with Gasteiger partial charge in [0.15, 0.2) is 50.1 Å². The average Bonchev–Trinajstić information content (AvgIpc) is 0.788. The molecule has 37 atom stereocenters. The number of esters is 1. The fraction of sp³-hybridized carbons (Fsp3) is 0.793. The maximum atomic E-state index is 13.6. The summed E-state index contributed by atoms with van der Waals surface area (Å²) in [6.07, 6.45) is -34.2. The van der Waals surface area contributed by atoms with Gasteiger partial charge >= 0.3 is 5.97 Å². The fourth-order valence-corrected chi connectivity index (χ4v) is 14.6. The first-order chi connectivity index (χ1) is 56.2. The second-order valence-corrected chi connectivity index (χ2v) is 32.7. The minimum absolute atomic E-state index is 0.00661. The van der Waals surface area contributed by atoms with Gasteiger partial charge in [-0.25, -0.2) is 4.79 Å². The SMILES string of the molecule is C=CC(C)(CC/C=C(\C)CC/C=C(\C)CC/C=C(/C)COC1OC(C)C(O)C(OC2OC(COC3OC(C)C(O)C(O)C3OC(=O)/C(C)=C/CC/C(C)=C/CC/C(C)=C/CCC(C)(C=C)OC3OC(CO)C(O)C(O)C3OC3OC(CO)C(O)C(O)C3O)C(O)C(O)C2O)C1O)OC1OC(CO)C(O)C(O)C1OC1OC(CO)C(O)C(O)C1O. The van der Waals surface area contributed by atoms with Gasteiger partial charge in [-0.1, -0.05) is 76.5 Å². The Morgan fingerprint density at radius 3 is 1.07 bits per heavy atom. The number of aliphatic hydroxyl groups is 21. The number of hydrogen-bond donors (Lipinski definition) is 21. The molecule has 37 nitrogen and oxygen atoms in total. The molecule has 0 saturated carbocycles. The Kier molecular flexibility index (Phi) is 40.8. The standard InChI is InChI=1S/C82H134O37/c1-13-81(11,118-79-71(63(98)56(91)49(35-85)111-79)116-75-65(100)59(94)54(89)47(33-83)109-75)31-19-28-41(5)23-15-21-39(3)25-17-27-43(7)37-105-74-68(103)69(53(88)46(10)107-74)115-77-67(102)61(96)58(93)51(113-77)38-106-78-70(62(97)52(87)45(9)108-78)114-73(104)44(8)30-18-26-40(4)22-16-24-42(6)29-20-32-82(12,14-2)119-80-72(64(99)57(92)50(36-86)112-80)117-76-66(101)60(95)55(90)48(34-84)110-76/h13-14,21-22,27-30,45-72,74-80,83-103H,1-2,15-20,23-26,31-38H2,3-12H3/b39-21+,40-22+,41-28+,42-29+,43-27-,44-30+. The number of aliphatic hydroxyl groups excluding tert-OH is 21. The number of ether oxygens (including phenoxy) is 15. The molecule has 37 unspecified atom stereocenters. The zero-order chi connectivity index (χ0) is 88.2. The molecule has 0 aromatic carbocycles. The Morgan fingerprint density at radius 1 is 0.336 bits per heavy atom. The monoisotopic (exact) mass is 1710 g/mol. The Morgan fingerprint density at radius 2 is 0.664 bits per heavy atom. The Balaban J connectivity index is 0.836. The van der Waals surface area contributed by atoms with Crippen molar-refractivity contribution in [1.29, 1.82) is 0 Å². The van der Waals surface area contributed by atoms with Crippen LogP contribution in [0.4, 0.5) is 0 Å². The van der Waals surface area contributed by atoms with Crippen LogP contribution in [0.15, 0.2) is 95.2 Å². The van der Waals surface area contributed by atoms with E-state index < -0.39 is 265 Å². The van der Waals surface area contributed by atoms with Gasteiger partial charge in [-0.3, -0.25) is 0 Å². The summed E-state index contributed by atoms with van der Waals surface area (Å²) in [6, 6.07) is 0. The second kappa shape index (κ2) is 47.5. The van der Waals surface area contributed by atoms with Crippen LogP contribution in [-0.2, 0) is 75.8 Å². The molecule has 7 fully saturated rings. The Hall–Kier alpha value is -4.01. The molecule has 0 spiro atoms. The molecule has 7 heterocycles.